The first kappa shape index (κ1) is 13.3. The first-order valence-corrected chi connectivity index (χ1v) is 7.95. The first-order chi connectivity index (χ1) is 9.70. The van der Waals surface area contributed by atoms with Gasteiger partial charge in [-0.15, -0.1) is 0 Å². The van der Waals surface area contributed by atoms with Crippen LogP contribution in [-0.4, -0.2) is 21.3 Å². The predicted octanol–water partition coefficient (Wildman–Crippen LogP) is 2.97. The molecule has 1 aromatic carbocycles. The van der Waals surface area contributed by atoms with Crippen LogP contribution in [-0.2, 0) is 11.2 Å². The molecule has 1 saturated heterocycles. The number of carbonyl (C=O) groups excluding carboxylic acids is 1. The molecule has 102 valence electrons. The molecule has 1 unspecified atom stereocenters. The average Bonchev–Trinajstić information content (AvgIpc) is 2.99. The Kier molecular flexibility index (Phi) is 3.84. The number of nitrogens with zero attached hydrogens (tertiary/aromatic N) is 2. The summed E-state index contributed by atoms with van der Waals surface area (Å²) in [6.07, 6.45) is 2.71. The minimum Gasteiger partial charge on any atom is -0.304 e. The van der Waals surface area contributed by atoms with E-state index in [0.717, 1.165) is 11.3 Å². The molecule has 1 atom stereocenters. The van der Waals surface area contributed by atoms with Crippen molar-refractivity contribution in [1.29, 1.82) is 0 Å². The van der Waals surface area contributed by atoms with Crippen molar-refractivity contribution in [2.45, 2.75) is 18.6 Å². The minimum absolute atomic E-state index is 0.00909. The summed E-state index contributed by atoms with van der Waals surface area (Å²) >= 11 is 2.99. The van der Waals surface area contributed by atoms with Crippen molar-refractivity contribution in [2.24, 2.45) is 4.99 Å². The number of amidine groups is 1. The SMILES string of the molecule is CC1S/C(=N\c2ncc(Cc3ccccc3)s2)NC1=O. The van der Waals surface area contributed by atoms with Gasteiger partial charge in [0.15, 0.2) is 5.17 Å². The number of rotatable bonds is 3. The quantitative estimate of drug-likeness (QED) is 0.948. The fourth-order valence-electron chi connectivity index (χ4n) is 1.83. The number of aliphatic imine (C=N–C) groups is 1. The second kappa shape index (κ2) is 5.76. The predicted molar refractivity (Wildman–Crippen MR) is 83.7 cm³/mol. The monoisotopic (exact) mass is 303 g/mol. The number of thiazole rings is 1. The van der Waals surface area contributed by atoms with Crippen LogP contribution in [0.5, 0.6) is 0 Å². The van der Waals surface area contributed by atoms with Gasteiger partial charge < -0.3 is 5.32 Å². The lowest BCUT2D eigenvalue weighted by Crippen LogP contribution is -2.23. The maximum absolute atomic E-state index is 11.4. The summed E-state index contributed by atoms with van der Waals surface area (Å²) in [4.78, 5) is 21.2. The maximum atomic E-state index is 11.4. The third-order valence-electron chi connectivity index (χ3n) is 2.85. The molecule has 2 heterocycles. The number of nitrogens with one attached hydrogen (secondary N) is 1. The molecule has 1 aliphatic heterocycles. The van der Waals surface area contributed by atoms with E-state index in [4.69, 9.17) is 0 Å². The topological polar surface area (TPSA) is 54.4 Å². The number of amides is 1. The molecule has 4 nitrogen and oxygen atoms in total. The van der Waals surface area contributed by atoms with E-state index in [0.29, 0.717) is 10.3 Å². The van der Waals surface area contributed by atoms with Gasteiger partial charge in [-0.1, -0.05) is 53.4 Å². The lowest BCUT2D eigenvalue weighted by molar-refractivity contribution is -0.118. The van der Waals surface area contributed by atoms with Crippen molar-refractivity contribution in [3.63, 3.8) is 0 Å². The van der Waals surface area contributed by atoms with Gasteiger partial charge in [-0.2, -0.15) is 4.99 Å². The van der Waals surface area contributed by atoms with Crippen molar-refractivity contribution < 1.29 is 4.79 Å². The largest absolute Gasteiger partial charge is 0.304 e. The van der Waals surface area contributed by atoms with Crippen molar-refractivity contribution in [1.82, 2.24) is 10.3 Å². The maximum Gasteiger partial charge on any atom is 0.239 e. The number of hydrogen-bond donors (Lipinski definition) is 1. The van der Waals surface area contributed by atoms with E-state index in [9.17, 15) is 4.79 Å². The molecule has 0 radical (unpaired) electrons. The highest BCUT2D eigenvalue weighted by Gasteiger charge is 2.25. The Hall–Kier alpha value is -1.66. The number of benzene rings is 1. The third kappa shape index (κ3) is 3.08. The minimum atomic E-state index is -0.0718. The highest BCUT2D eigenvalue weighted by Crippen LogP contribution is 2.27. The van der Waals surface area contributed by atoms with E-state index < -0.39 is 0 Å². The van der Waals surface area contributed by atoms with Crippen molar-refractivity contribution >= 4 is 39.3 Å². The summed E-state index contributed by atoms with van der Waals surface area (Å²) in [6, 6.07) is 10.3. The molecule has 20 heavy (non-hydrogen) atoms. The number of carbonyl (C=O) groups is 1. The molecule has 6 heteroatoms. The van der Waals surface area contributed by atoms with E-state index in [1.165, 1.54) is 17.3 Å². The van der Waals surface area contributed by atoms with E-state index in [1.54, 1.807) is 11.3 Å². The van der Waals surface area contributed by atoms with Gasteiger partial charge in [-0.05, 0) is 12.5 Å². The smallest absolute Gasteiger partial charge is 0.239 e. The van der Waals surface area contributed by atoms with E-state index >= 15 is 0 Å². The molecule has 3 rings (SSSR count). The Labute approximate surface area is 125 Å². The molecule has 0 aliphatic carbocycles. The van der Waals surface area contributed by atoms with Crippen LogP contribution >= 0.6 is 23.1 Å². The summed E-state index contributed by atoms with van der Waals surface area (Å²) in [6.45, 7) is 1.87. The Morgan fingerprint density at radius 1 is 1.35 bits per heavy atom. The molecular weight excluding hydrogens is 290 g/mol. The van der Waals surface area contributed by atoms with Crippen LogP contribution in [0.1, 0.15) is 17.4 Å². The molecule has 2 aromatic rings. The van der Waals surface area contributed by atoms with Crippen molar-refractivity contribution in [3.8, 4) is 0 Å². The zero-order valence-electron chi connectivity index (χ0n) is 10.9. The summed E-state index contributed by atoms with van der Waals surface area (Å²) in [5, 5.41) is 4.01. The van der Waals surface area contributed by atoms with Gasteiger partial charge in [-0.3, -0.25) is 4.79 Å². The standard InChI is InChI=1S/C14H13N3OS2/c1-9-12(18)16-14(19-9)17-13-15-8-11(20-13)7-10-5-3-2-4-6-10/h2-6,8-9H,7H2,1H3,(H,15,16,17,18). The zero-order valence-corrected chi connectivity index (χ0v) is 12.5. The lowest BCUT2D eigenvalue weighted by atomic mass is 10.1. The fourth-order valence-corrected chi connectivity index (χ4v) is 3.50. The number of thioether (sulfide) groups is 1. The molecular formula is C14H13N3OS2. The van der Waals surface area contributed by atoms with E-state index in [2.05, 4.69) is 27.4 Å². The Balaban J connectivity index is 1.71. The van der Waals surface area contributed by atoms with Crippen LogP contribution in [0.2, 0.25) is 0 Å². The Morgan fingerprint density at radius 3 is 2.85 bits per heavy atom. The molecule has 1 fully saturated rings. The van der Waals surface area contributed by atoms with E-state index in [1.807, 2.05) is 31.3 Å². The molecule has 0 bridgehead atoms. The summed E-state index contributed by atoms with van der Waals surface area (Å²) in [5.74, 6) is 0.00909. The fraction of sp³-hybridized carbons (Fsp3) is 0.214. The normalized spacial score (nSPS) is 20.4. The van der Waals surface area contributed by atoms with Gasteiger partial charge >= 0.3 is 0 Å². The number of hydrogen-bond acceptors (Lipinski definition) is 5. The second-order valence-electron chi connectivity index (χ2n) is 4.44. The molecule has 0 spiro atoms. The Bertz CT molecular complexity index is 651. The van der Waals surface area contributed by atoms with Crippen molar-refractivity contribution in [2.75, 3.05) is 0 Å². The molecule has 1 amide bonds. The molecule has 1 aromatic heterocycles. The van der Waals surface area contributed by atoms with Gasteiger partial charge in [0, 0.05) is 17.5 Å². The van der Waals surface area contributed by atoms with E-state index in [-0.39, 0.29) is 11.2 Å². The summed E-state index contributed by atoms with van der Waals surface area (Å²) in [5.41, 5.74) is 1.26. The van der Waals surface area contributed by atoms with Gasteiger partial charge in [0.1, 0.15) is 0 Å². The van der Waals surface area contributed by atoms with Crippen LogP contribution in [0.4, 0.5) is 5.13 Å². The van der Waals surface area contributed by atoms with Crippen LogP contribution < -0.4 is 5.32 Å². The summed E-state index contributed by atoms with van der Waals surface area (Å²) in [7, 11) is 0. The van der Waals surface area contributed by atoms with Gasteiger partial charge in [0.25, 0.3) is 0 Å². The zero-order chi connectivity index (χ0) is 13.9. The Morgan fingerprint density at radius 2 is 2.15 bits per heavy atom. The summed E-state index contributed by atoms with van der Waals surface area (Å²) < 4.78 is 0. The van der Waals surface area contributed by atoms with Gasteiger partial charge in [0.2, 0.25) is 11.0 Å². The molecule has 1 aliphatic rings. The second-order valence-corrected chi connectivity index (χ2v) is 6.86. The van der Waals surface area contributed by atoms with Crippen LogP contribution in [0, 0.1) is 0 Å². The lowest BCUT2D eigenvalue weighted by Gasteiger charge is -1.96. The highest BCUT2D eigenvalue weighted by atomic mass is 32.2. The highest BCUT2D eigenvalue weighted by molar-refractivity contribution is 8.15. The number of aromatic nitrogens is 1. The van der Waals surface area contributed by atoms with Crippen LogP contribution in [0.25, 0.3) is 0 Å². The van der Waals surface area contributed by atoms with Gasteiger partial charge in [0.05, 0.1) is 5.25 Å². The van der Waals surface area contributed by atoms with Crippen LogP contribution in [0.15, 0.2) is 41.5 Å². The third-order valence-corrected chi connectivity index (χ3v) is 4.72. The first-order valence-electron chi connectivity index (χ1n) is 6.25. The van der Waals surface area contributed by atoms with Crippen LogP contribution in [0.3, 0.4) is 0 Å². The van der Waals surface area contributed by atoms with Gasteiger partial charge in [-0.25, -0.2) is 4.98 Å². The van der Waals surface area contributed by atoms with Crippen molar-refractivity contribution in [3.05, 3.63) is 47.0 Å². The average molecular weight is 303 g/mol. The molecule has 1 N–H and O–H groups in total. The molecule has 0 saturated carbocycles.